The maximum Gasteiger partial charge on any atom is 0.119 e. The van der Waals surface area contributed by atoms with Crippen LogP contribution in [0.15, 0.2) is 60.7 Å². The molecule has 1 aliphatic rings. The molecule has 0 unspecified atom stereocenters. The summed E-state index contributed by atoms with van der Waals surface area (Å²) in [6.07, 6.45) is 15.2. The molecule has 0 atom stereocenters. The van der Waals surface area contributed by atoms with Gasteiger partial charge in [0.05, 0.1) is 0 Å². The third kappa shape index (κ3) is 5.99. The summed E-state index contributed by atoms with van der Waals surface area (Å²) in [4.78, 5) is 0. The molecule has 1 nitrogen and oxygen atoms in total. The molecule has 28 heavy (non-hydrogen) atoms. The van der Waals surface area contributed by atoms with E-state index in [9.17, 15) is 0 Å². The molecule has 1 aliphatic carbocycles. The van der Waals surface area contributed by atoms with Gasteiger partial charge in [0.15, 0.2) is 0 Å². The molecule has 2 aromatic carbocycles. The van der Waals surface area contributed by atoms with Crippen LogP contribution in [0, 0.1) is 5.92 Å². The Morgan fingerprint density at radius 3 is 2.11 bits per heavy atom. The van der Waals surface area contributed by atoms with Crippen molar-refractivity contribution in [2.45, 2.75) is 71.1 Å². The van der Waals surface area contributed by atoms with E-state index in [1.54, 1.807) is 0 Å². The van der Waals surface area contributed by atoms with Gasteiger partial charge in [-0.25, -0.2) is 0 Å². The van der Waals surface area contributed by atoms with Crippen molar-refractivity contribution in [3.63, 3.8) is 0 Å². The number of ether oxygens (including phenoxy) is 1. The van der Waals surface area contributed by atoms with Crippen LogP contribution in [0.4, 0.5) is 0 Å². The quantitative estimate of drug-likeness (QED) is 0.317. The van der Waals surface area contributed by atoms with Gasteiger partial charge in [-0.2, -0.15) is 0 Å². The smallest absolute Gasteiger partial charge is 0.119 e. The van der Waals surface area contributed by atoms with Crippen LogP contribution in [0.25, 0.3) is 11.1 Å². The lowest BCUT2D eigenvalue weighted by Gasteiger charge is -2.29. The minimum Gasteiger partial charge on any atom is -0.490 e. The fraction of sp³-hybridized carbons (Fsp3) is 0.481. The molecule has 1 heteroatoms. The molecule has 0 spiro atoms. The number of unbranched alkanes of at least 4 members (excludes halogenated alkanes) is 2. The monoisotopic (exact) mass is 376 g/mol. The van der Waals surface area contributed by atoms with Crippen molar-refractivity contribution in [3.05, 3.63) is 66.2 Å². The lowest BCUT2D eigenvalue weighted by atomic mass is 9.77. The van der Waals surface area contributed by atoms with Gasteiger partial charge in [-0.05, 0) is 73.3 Å². The predicted octanol–water partition coefficient (Wildman–Crippen LogP) is 8.16. The zero-order valence-electron chi connectivity index (χ0n) is 17.7. The first kappa shape index (κ1) is 20.7. The first-order valence-electron chi connectivity index (χ1n) is 11.2. The second-order valence-electron chi connectivity index (χ2n) is 8.24. The number of benzene rings is 2. The van der Waals surface area contributed by atoms with Crippen LogP contribution in [0.3, 0.4) is 0 Å². The third-order valence-electron chi connectivity index (χ3n) is 6.21. The average molecular weight is 377 g/mol. The highest BCUT2D eigenvalue weighted by molar-refractivity contribution is 5.64. The Morgan fingerprint density at radius 1 is 0.857 bits per heavy atom. The Bertz CT molecular complexity index is 703. The van der Waals surface area contributed by atoms with E-state index < -0.39 is 0 Å². The zero-order chi connectivity index (χ0) is 19.6. The van der Waals surface area contributed by atoms with Crippen molar-refractivity contribution in [3.8, 4) is 16.9 Å². The van der Waals surface area contributed by atoms with Crippen LogP contribution >= 0.6 is 0 Å². The summed E-state index contributed by atoms with van der Waals surface area (Å²) < 4.78 is 5.69. The Kier molecular flexibility index (Phi) is 8.21. The van der Waals surface area contributed by atoms with E-state index in [2.05, 4.69) is 55.5 Å². The average Bonchev–Trinajstić information content (AvgIpc) is 2.75. The van der Waals surface area contributed by atoms with Gasteiger partial charge in [0, 0.05) is 0 Å². The molecule has 2 aromatic rings. The summed E-state index contributed by atoms with van der Waals surface area (Å²) in [5.74, 6) is 2.67. The molecule has 1 fully saturated rings. The van der Waals surface area contributed by atoms with Crippen LogP contribution < -0.4 is 4.74 Å². The lowest BCUT2D eigenvalue weighted by molar-refractivity contribution is 0.303. The fourth-order valence-electron chi connectivity index (χ4n) is 4.40. The van der Waals surface area contributed by atoms with E-state index in [4.69, 9.17) is 4.74 Å². The van der Waals surface area contributed by atoms with E-state index in [0.717, 1.165) is 17.6 Å². The van der Waals surface area contributed by atoms with E-state index in [0.29, 0.717) is 6.61 Å². The number of hydrogen-bond donors (Lipinski definition) is 0. The van der Waals surface area contributed by atoms with Crippen molar-refractivity contribution in [1.29, 1.82) is 0 Å². The van der Waals surface area contributed by atoms with E-state index in [1.165, 1.54) is 68.1 Å². The summed E-state index contributed by atoms with van der Waals surface area (Å²) in [5.41, 5.74) is 4.07. The van der Waals surface area contributed by atoms with Crippen LogP contribution in [-0.4, -0.2) is 6.61 Å². The van der Waals surface area contributed by atoms with Crippen LogP contribution in [0.5, 0.6) is 5.75 Å². The van der Waals surface area contributed by atoms with Crippen molar-refractivity contribution in [2.75, 3.05) is 6.61 Å². The van der Waals surface area contributed by atoms with Gasteiger partial charge in [0.2, 0.25) is 0 Å². The minimum absolute atomic E-state index is 0.630. The number of allylic oxidation sites excluding steroid dienone is 1. The van der Waals surface area contributed by atoms with E-state index in [-0.39, 0.29) is 0 Å². The van der Waals surface area contributed by atoms with Crippen molar-refractivity contribution >= 4 is 0 Å². The predicted molar refractivity (Wildman–Crippen MR) is 121 cm³/mol. The molecule has 150 valence electrons. The first-order chi connectivity index (χ1) is 13.8. The molecule has 0 radical (unpaired) electrons. The Balaban J connectivity index is 1.52. The first-order valence-corrected chi connectivity index (χ1v) is 11.2. The van der Waals surface area contributed by atoms with E-state index >= 15 is 0 Å². The van der Waals surface area contributed by atoms with Crippen molar-refractivity contribution < 1.29 is 4.74 Å². The maximum atomic E-state index is 5.69. The molecular weight excluding hydrogens is 340 g/mol. The molecule has 0 aliphatic heterocycles. The Morgan fingerprint density at radius 2 is 1.50 bits per heavy atom. The van der Waals surface area contributed by atoms with Gasteiger partial charge in [0.1, 0.15) is 12.4 Å². The lowest BCUT2D eigenvalue weighted by Crippen LogP contribution is -2.13. The summed E-state index contributed by atoms with van der Waals surface area (Å²) in [7, 11) is 0. The standard InChI is InChI=1S/C27H36O/c1-3-5-7-8-22-9-11-23(12-10-22)24-13-15-25(16-14-24)26-17-19-27(20-18-26)28-21-6-4-2/h4,6,13-20,22-23H,3,5,7-12,21H2,1-2H3/b6-4+. The van der Waals surface area contributed by atoms with Crippen LogP contribution in [0.1, 0.15) is 76.7 Å². The SMILES string of the molecule is C/C=C/COc1ccc(-c2ccc(C3CCC(CCCCC)CC3)cc2)cc1. The number of hydrogen-bond acceptors (Lipinski definition) is 1. The molecular formula is C27H36O. The summed E-state index contributed by atoms with van der Waals surface area (Å²) >= 11 is 0. The Labute approximate surface area is 171 Å². The third-order valence-corrected chi connectivity index (χ3v) is 6.21. The summed E-state index contributed by atoms with van der Waals surface area (Å²) in [6.45, 7) is 4.94. The van der Waals surface area contributed by atoms with Gasteiger partial charge < -0.3 is 4.74 Å². The molecule has 3 rings (SSSR count). The molecule has 0 aromatic heterocycles. The molecule has 0 N–H and O–H groups in total. The van der Waals surface area contributed by atoms with Crippen molar-refractivity contribution in [1.82, 2.24) is 0 Å². The maximum absolute atomic E-state index is 5.69. The topological polar surface area (TPSA) is 9.23 Å². The van der Waals surface area contributed by atoms with Gasteiger partial charge in [-0.15, -0.1) is 0 Å². The van der Waals surface area contributed by atoms with E-state index in [1.807, 2.05) is 19.1 Å². The number of rotatable bonds is 9. The molecule has 1 saturated carbocycles. The molecule has 0 heterocycles. The highest BCUT2D eigenvalue weighted by Crippen LogP contribution is 2.38. The summed E-state index contributed by atoms with van der Waals surface area (Å²) in [5, 5.41) is 0. The molecule has 0 amide bonds. The molecule has 0 saturated heterocycles. The Hall–Kier alpha value is -2.02. The van der Waals surface area contributed by atoms with Gasteiger partial charge >= 0.3 is 0 Å². The van der Waals surface area contributed by atoms with Gasteiger partial charge in [0.25, 0.3) is 0 Å². The van der Waals surface area contributed by atoms with Gasteiger partial charge in [-0.3, -0.25) is 0 Å². The zero-order valence-corrected chi connectivity index (χ0v) is 17.7. The van der Waals surface area contributed by atoms with Crippen molar-refractivity contribution in [2.24, 2.45) is 5.92 Å². The minimum atomic E-state index is 0.630. The molecule has 0 bridgehead atoms. The van der Waals surface area contributed by atoms with Gasteiger partial charge in [-0.1, -0.05) is 81.2 Å². The van der Waals surface area contributed by atoms with Crippen LogP contribution in [0.2, 0.25) is 0 Å². The van der Waals surface area contributed by atoms with Crippen LogP contribution in [-0.2, 0) is 0 Å². The second kappa shape index (κ2) is 11.1. The fourth-order valence-corrected chi connectivity index (χ4v) is 4.40. The summed E-state index contributed by atoms with van der Waals surface area (Å²) in [6, 6.07) is 17.7. The highest BCUT2D eigenvalue weighted by atomic mass is 16.5. The normalized spacial score (nSPS) is 19.8. The largest absolute Gasteiger partial charge is 0.490 e. The highest BCUT2D eigenvalue weighted by Gasteiger charge is 2.21. The second-order valence-corrected chi connectivity index (χ2v) is 8.24.